The minimum atomic E-state index is 0.0150. The number of fused-ring (bicyclic) bond motifs is 1. The fourth-order valence-corrected chi connectivity index (χ4v) is 2.17. The van der Waals surface area contributed by atoms with Crippen LogP contribution in [0.15, 0.2) is 30.3 Å². The highest BCUT2D eigenvalue weighted by atomic mass is 16.2. The number of carbonyl (C=O) groups is 2. The van der Waals surface area contributed by atoms with Crippen molar-refractivity contribution in [2.45, 2.75) is 13.0 Å². The molecule has 1 aliphatic carbocycles. The van der Waals surface area contributed by atoms with Gasteiger partial charge in [-0.25, -0.2) is 0 Å². The van der Waals surface area contributed by atoms with Crippen LogP contribution in [0.3, 0.4) is 0 Å². The molecule has 2 atom stereocenters. The summed E-state index contributed by atoms with van der Waals surface area (Å²) >= 11 is 0. The van der Waals surface area contributed by atoms with Gasteiger partial charge in [0.2, 0.25) is 11.8 Å². The standard InChI is InChI=1S/C12H11NO2.C2H2/c14-11-9-6-10(9)12(15)13(11)7-8-4-2-1-3-5-8;1-2/h1-5,9-10H,6-7H2;1-2H. The summed E-state index contributed by atoms with van der Waals surface area (Å²) in [5.74, 6) is 0.0742. The first-order valence-electron chi connectivity index (χ1n) is 5.50. The molecule has 0 spiro atoms. The number of terminal acetylenes is 1. The van der Waals surface area contributed by atoms with Crippen molar-refractivity contribution in [3.8, 4) is 12.8 Å². The van der Waals surface area contributed by atoms with Crippen molar-refractivity contribution in [1.29, 1.82) is 0 Å². The summed E-state index contributed by atoms with van der Waals surface area (Å²) in [6, 6.07) is 9.63. The fraction of sp³-hybridized carbons (Fsp3) is 0.286. The molecule has 1 aromatic rings. The maximum atomic E-state index is 11.7. The molecule has 2 amide bonds. The third kappa shape index (κ3) is 1.94. The summed E-state index contributed by atoms with van der Waals surface area (Å²) in [6.45, 7) is 0.436. The van der Waals surface area contributed by atoms with Gasteiger partial charge < -0.3 is 0 Å². The van der Waals surface area contributed by atoms with Crippen LogP contribution in [-0.4, -0.2) is 16.7 Å². The average Bonchev–Trinajstić information content (AvgIpc) is 3.14. The van der Waals surface area contributed by atoms with Crippen LogP contribution in [0.1, 0.15) is 12.0 Å². The number of likely N-dealkylation sites (tertiary alicyclic amines) is 1. The van der Waals surface area contributed by atoms with Gasteiger partial charge in [-0.15, -0.1) is 12.8 Å². The Balaban J connectivity index is 0.000000514. The first-order valence-corrected chi connectivity index (χ1v) is 5.50. The summed E-state index contributed by atoms with van der Waals surface area (Å²) in [5.41, 5.74) is 1.01. The van der Waals surface area contributed by atoms with E-state index in [2.05, 4.69) is 12.8 Å². The Bertz CT molecular complexity index is 444. The van der Waals surface area contributed by atoms with E-state index < -0.39 is 0 Å². The van der Waals surface area contributed by atoms with E-state index in [0.29, 0.717) is 6.54 Å². The Hall–Kier alpha value is -2.08. The third-order valence-electron chi connectivity index (χ3n) is 3.14. The second-order valence-electron chi connectivity index (χ2n) is 4.20. The Morgan fingerprint density at radius 2 is 1.59 bits per heavy atom. The predicted molar refractivity (Wildman–Crippen MR) is 63.5 cm³/mol. The van der Waals surface area contributed by atoms with E-state index in [1.165, 1.54) is 4.90 Å². The smallest absolute Gasteiger partial charge is 0.233 e. The van der Waals surface area contributed by atoms with Gasteiger partial charge in [0, 0.05) is 0 Å². The van der Waals surface area contributed by atoms with Crippen molar-refractivity contribution in [2.75, 3.05) is 0 Å². The number of hydrogen-bond acceptors (Lipinski definition) is 2. The van der Waals surface area contributed by atoms with E-state index in [1.54, 1.807) is 0 Å². The number of carbonyl (C=O) groups excluding carboxylic acids is 2. The zero-order valence-corrected chi connectivity index (χ0v) is 9.37. The van der Waals surface area contributed by atoms with Crippen molar-refractivity contribution < 1.29 is 9.59 Å². The predicted octanol–water partition coefficient (Wildman–Crippen LogP) is 1.44. The van der Waals surface area contributed by atoms with Crippen molar-refractivity contribution in [3.63, 3.8) is 0 Å². The maximum Gasteiger partial charge on any atom is 0.233 e. The molecule has 86 valence electrons. The van der Waals surface area contributed by atoms with E-state index in [4.69, 9.17) is 0 Å². The molecule has 17 heavy (non-hydrogen) atoms. The van der Waals surface area contributed by atoms with Crippen molar-refractivity contribution in [3.05, 3.63) is 35.9 Å². The Labute approximate surface area is 100 Å². The van der Waals surface area contributed by atoms with Crippen LogP contribution in [0.4, 0.5) is 0 Å². The van der Waals surface area contributed by atoms with E-state index >= 15 is 0 Å². The molecule has 3 rings (SSSR count). The molecule has 1 saturated heterocycles. The summed E-state index contributed by atoms with van der Waals surface area (Å²) in [4.78, 5) is 24.7. The lowest BCUT2D eigenvalue weighted by molar-refractivity contribution is -0.142. The van der Waals surface area contributed by atoms with Gasteiger partial charge in [-0.1, -0.05) is 30.3 Å². The largest absolute Gasteiger partial charge is 0.278 e. The lowest BCUT2D eigenvalue weighted by atomic mass is 10.2. The molecule has 0 radical (unpaired) electrons. The van der Waals surface area contributed by atoms with Gasteiger partial charge in [-0.2, -0.15) is 0 Å². The van der Waals surface area contributed by atoms with Crippen molar-refractivity contribution >= 4 is 11.8 Å². The number of nitrogens with zero attached hydrogens (tertiary/aromatic N) is 1. The van der Waals surface area contributed by atoms with Crippen LogP contribution >= 0.6 is 0 Å². The summed E-state index contributed by atoms with van der Waals surface area (Å²) in [7, 11) is 0. The van der Waals surface area contributed by atoms with Gasteiger partial charge in [0.05, 0.1) is 18.4 Å². The summed E-state index contributed by atoms with van der Waals surface area (Å²) in [6.07, 6.45) is 8.78. The van der Waals surface area contributed by atoms with Gasteiger partial charge in [0.1, 0.15) is 0 Å². The second kappa shape index (κ2) is 4.42. The molecule has 3 nitrogen and oxygen atoms in total. The van der Waals surface area contributed by atoms with E-state index in [9.17, 15) is 9.59 Å². The third-order valence-corrected chi connectivity index (χ3v) is 3.14. The van der Waals surface area contributed by atoms with Crippen LogP contribution in [0, 0.1) is 24.7 Å². The average molecular weight is 227 g/mol. The Morgan fingerprint density at radius 1 is 1.06 bits per heavy atom. The monoisotopic (exact) mass is 227 g/mol. The van der Waals surface area contributed by atoms with Crippen molar-refractivity contribution in [2.24, 2.45) is 11.8 Å². The van der Waals surface area contributed by atoms with Crippen LogP contribution < -0.4 is 0 Å². The first kappa shape index (κ1) is 11.4. The molecule has 1 heterocycles. The number of rotatable bonds is 2. The number of piperidine rings is 1. The quantitative estimate of drug-likeness (QED) is 0.566. The zero-order chi connectivity index (χ0) is 12.4. The van der Waals surface area contributed by atoms with Gasteiger partial charge in [-0.05, 0) is 12.0 Å². The fourth-order valence-electron chi connectivity index (χ4n) is 2.17. The van der Waals surface area contributed by atoms with E-state index in [-0.39, 0.29) is 23.7 Å². The summed E-state index contributed by atoms with van der Waals surface area (Å²) < 4.78 is 0. The highest BCUT2D eigenvalue weighted by Gasteiger charge is 2.58. The van der Waals surface area contributed by atoms with Gasteiger partial charge in [0.25, 0.3) is 0 Å². The highest BCUT2D eigenvalue weighted by Crippen LogP contribution is 2.47. The maximum absolute atomic E-state index is 11.7. The molecular formula is C14H13NO2. The van der Waals surface area contributed by atoms with Crippen molar-refractivity contribution in [1.82, 2.24) is 4.90 Å². The lowest BCUT2D eigenvalue weighted by Crippen LogP contribution is -2.32. The Morgan fingerprint density at radius 3 is 2.12 bits per heavy atom. The molecule has 1 aromatic carbocycles. The molecule has 2 aliphatic rings. The van der Waals surface area contributed by atoms with E-state index in [0.717, 1.165) is 12.0 Å². The van der Waals surface area contributed by atoms with Crippen LogP contribution in [0.5, 0.6) is 0 Å². The van der Waals surface area contributed by atoms with Gasteiger partial charge >= 0.3 is 0 Å². The SMILES string of the molecule is C#C.O=C1C2CC2C(=O)N1Cc1ccccc1. The summed E-state index contributed by atoms with van der Waals surface area (Å²) in [5, 5.41) is 0. The lowest BCUT2D eigenvalue weighted by Gasteiger charge is -2.15. The van der Waals surface area contributed by atoms with E-state index in [1.807, 2.05) is 30.3 Å². The zero-order valence-electron chi connectivity index (χ0n) is 9.37. The van der Waals surface area contributed by atoms with Crippen LogP contribution in [-0.2, 0) is 16.1 Å². The normalized spacial score (nSPS) is 24.9. The molecule has 1 saturated carbocycles. The number of hydrogen-bond donors (Lipinski definition) is 0. The minimum absolute atomic E-state index is 0.0150. The van der Waals surface area contributed by atoms with Gasteiger partial charge in [0.15, 0.2) is 0 Å². The second-order valence-corrected chi connectivity index (χ2v) is 4.20. The molecule has 2 fully saturated rings. The van der Waals surface area contributed by atoms with Gasteiger partial charge in [-0.3, -0.25) is 14.5 Å². The first-order chi connectivity index (χ1) is 8.27. The molecule has 0 bridgehead atoms. The topological polar surface area (TPSA) is 37.4 Å². The minimum Gasteiger partial charge on any atom is -0.278 e. The Kier molecular flexibility index (Phi) is 2.97. The molecule has 0 N–H and O–H groups in total. The number of amides is 2. The van der Waals surface area contributed by atoms with Crippen LogP contribution in [0.2, 0.25) is 0 Å². The molecule has 3 heteroatoms. The molecular weight excluding hydrogens is 214 g/mol. The molecule has 1 aliphatic heterocycles. The number of benzene rings is 1. The molecule has 0 aromatic heterocycles. The highest BCUT2D eigenvalue weighted by molar-refractivity contribution is 6.08. The molecule has 2 unspecified atom stereocenters. The number of imide groups is 1. The van der Waals surface area contributed by atoms with Crippen LogP contribution in [0.25, 0.3) is 0 Å².